The molecule has 9 nitrogen and oxygen atoms in total. The molecule has 0 radical (unpaired) electrons. The Morgan fingerprint density at radius 1 is 0.978 bits per heavy atom. The maximum atomic E-state index is 12.8. The zero-order valence-electron chi connectivity index (χ0n) is 26.0. The van der Waals surface area contributed by atoms with Crippen LogP contribution < -0.4 is 14.8 Å². The second kappa shape index (κ2) is 13.2. The van der Waals surface area contributed by atoms with E-state index >= 15 is 0 Å². The molecule has 2 heterocycles. The first kappa shape index (κ1) is 32.5. The fourth-order valence-corrected chi connectivity index (χ4v) is 5.15. The topological polar surface area (TPSA) is 103 Å². The number of nitrogens with zero attached hydrogens (tertiary/aromatic N) is 3. The van der Waals surface area contributed by atoms with Crippen LogP contribution in [-0.2, 0) is 22.1 Å². The van der Waals surface area contributed by atoms with E-state index in [0.29, 0.717) is 53.7 Å². The van der Waals surface area contributed by atoms with Crippen LogP contribution in [0.25, 0.3) is 22.2 Å². The molecule has 46 heavy (non-hydrogen) atoms. The number of carbonyl (C=O) groups excluding carboxylic acids is 2. The highest BCUT2D eigenvalue weighted by molar-refractivity contribution is 5.95. The lowest BCUT2D eigenvalue weighted by Gasteiger charge is -2.24. The summed E-state index contributed by atoms with van der Waals surface area (Å²) in [5.74, 6) is 0.828. The van der Waals surface area contributed by atoms with E-state index < -0.39 is 17.3 Å². The highest BCUT2D eigenvalue weighted by Crippen LogP contribution is 2.36. The van der Waals surface area contributed by atoms with Crippen molar-refractivity contribution >= 4 is 28.6 Å². The summed E-state index contributed by atoms with van der Waals surface area (Å²) in [6, 6.07) is 15.2. The van der Waals surface area contributed by atoms with E-state index in [-0.39, 0.29) is 24.3 Å². The van der Waals surface area contributed by atoms with Crippen LogP contribution in [0, 0.1) is 5.92 Å². The van der Waals surface area contributed by atoms with Crippen molar-refractivity contribution < 1.29 is 37.0 Å². The Hall–Kier alpha value is -4.87. The van der Waals surface area contributed by atoms with Crippen molar-refractivity contribution in [1.82, 2.24) is 14.9 Å². The Kier molecular flexibility index (Phi) is 9.36. The Balaban J connectivity index is 1.24. The van der Waals surface area contributed by atoms with Gasteiger partial charge in [-0.3, -0.25) is 4.79 Å². The van der Waals surface area contributed by atoms with Crippen molar-refractivity contribution in [3.05, 3.63) is 78.1 Å². The van der Waals surface area contributed by atoms with Gasteiger partial charge in [-0.2, -0.15) is 13.2 Å². The number of ether oxygens (including phenoxy) is 3. The summed E-state index contributed by atoms with van der Waals surface area (Å²) in [6.45, 7) is 7.08. The van der Waals surface area contributed by atoms with Gasteiger partial charge in [-0.25, -0.2) is 14.8 Å². The Bertz CT molecular complexity index is 1700. The summed E-state index contributed by atoms with van der Waals surface area (Å²) in [4.78, 5) is 35.6. The smallest absolute Gasteiger partial charge is 0.416 e. The van der Waals surface area contributed by atoms with E-state index in [2.05, 4.69) is 15.3 Å². The van der Waals surface area contributed by atoms with Crippen molar-refractivity contribution in [2.75, 3.05) is 32.1 Å². The van der Waals surface area contributed by atoms with Crippen LogP contribution in [0.4, 0.5) is 23.7 Å². The molecule has 1 saturated heterocycles. The number of benzene rings is 3. The Labute approximate surface area is 264 Å². The van der Waals surface area contributed by atoms with Gasteiger partial charge in [-0.1, -0.05) is 24.3 Å². The normalized spacial score (nSPS) is 15.1. The molecule has 1 N–H and O–H groups in total. The van der Waals surface area contributed by atoms with Gasteiger partial charge in [0, 0.05) is 41.7 Å². The van der Waals surface area contributed by atoms with Crippen LogP contribution in [0.1, 0.15) is 38.3 Å². The van der Waals surface area contributed by atoms with Gasteiger partial charge in [0.25, 0.3) is 0 Å². The van der Waals surface area contributed by atoms with E-state index in [1.807, 2.05) is 39.0 Å². The standard InChI is InChI=1S/C34H35F3N4O5/c1-33(2,3)46-32(43)41-14-13-22(18-41)19-45-29-17-27-26(16-28(29)44-4)31(39-20-38-27)23-7-11-25(12-8-23)40-30(42)15-21-5-9-24(10-6-21)34(35,36)37/h5-12,16-17,20,22H,13-15,18-19H2,1-4H3,(H,40,42)/t22-/m1/s1. The summed E-state index contributed by atoms with van der Waals surface area (Å²) in [5.41, 5.74) is 1.77. The van der Waals surface area contributed by atoms with E-state index in [4.69, 9.17) is 14.2 Å². The molecule has 242 valence electrons. The van der Waals surface area contributed by atoms with Crippen molar-refractivity contribution in [1.29, 1.82) is 0 Å². The van der Waals surface area contributed by atoms with E-state index in [1.165, 1.54) is 18.5 Å². The SMILES string of the molecule is COc1cc2c(-c3ccc(NC(=O)Cc4ccc(C(F)(F)F)cc4)cc3)ncnc2cc1OC[C@@H]1CCN(C(=O)OC(C)(C)C)C1. The number of aromatic nitrogens is 2. The van der Waals surface area contributed by atoms with Crippen molar-refractivity contribution in [3.8, 4) is 22.8 Å². The zero-order valence-corrected chi connectivity index (χ0v) is 26.0. The molecule has 1 aliphatic rings. The summed E-state index contributed by atoms with van der Waals surface area (Å²) in [6.07, 6.45) is -2.56. The highest BCUT2D eigenvalue weighted by atomic mass is 19.4. The van der Waals surface area contributed by atoms with Gasteiger partial charge in [0.05, 0.1) is 36.9 Å². The third-order valence-electron chi connectivity index (χ3n) is 7.42. The minimum Gasteiger partial charge on any atom is -0.493 e. The molecular formula is C34H35F3N4O5. The third kappa shape index (κ3) is 8.04. The van der Waals surface area contributed by atoms with Crippen molar-refractivity contribution in [3.63, 3.8) is 0 Å². The molecule has 1 atom stereocenters. The minimum absolute atomic E-state index is 0.0661. The van der Waals surface area contributed by atoms with Crippen LogP contribution >= 0.6 is 0 Å². The summed E-state index contributed by atoms with van der Waals surface area (Å²) in [7, 11) is 1.56. The first-order valence-corrected chi connectivity index (χ1v) is 14.8. The van der Waals surface area contributed by atoms with Gasteiger partial charge in [0.15, 0.2) is 11.5 Å². The molecule has 5 rings (SSSR count). The number of alkyl halides is 3. The molecule has 0 spiro atoms. The summed E-state index contributed by atoms with van der Waals surface area (Å²) in [5, 5.41) is 3.51. The van der Waals surface area contributed by atoms with Crippen LogP contribution in [-0.4, -0.2) is 59.3 Å². The van der Waals surface area contributed by atoms with E-state index in [0.717, 1.165) is 29.5 Å². The number of carbonyl (C=O) groups is 2. The third-order valence-corrected chi connectivity index (χ3v) is 7.42. The van der Waals surface area contributed by atoms with Crippen LogP contribution in [0.3, 0.4) is 0 Å². The quantitative estimate of drug-likeness (QED) is 0.219. The second-order valence-electron chi connectivity index (χ2n) is 12.1. The number of nitrogens with one attached hydrogen (secondary N) is 1. The fraction of sp³-hybridized carbons (Fsp3) is 0.353. The number of hydrogen-bond acceptors (Lipinski definition) is 7. The van der Waals surface area contributed by atoms with Gasteiger partial charge in [-0.05, 0) is 63.1 Å². The molecule has 0 unspecified atom stereocenters. The predicted molar refractivity (Wildman–Crippen MR) is 167 cm³/mol. The van der Waals surface area contributed by atoms with Crippen LogP contribution in [0.5, 0.6) is 11.5 Å². The monoisotopic (exact) mass is 636 g/mol. The summed E-state index contributed by atoms with van der Waals surface area (Å²) >= 11 is 0. The lowest BCUT2D eigenvalue weighted by molar-refractivity contribution is -0.137. The lowest BCUT2D eigenvalue weighted by Crippen LogP contribution is -2.35. The number of likely N-dealkylation sites (tertiary alicyclic amines) is 1. The largest absolute Gasteiger partial charge is 0.493 e. The number of anilines is 1. The average Bonchev–Trinajstić information content (AvgIpc) is 3.48. The first-order chi connectivity index (χ1) is 21.8. The summed E-state index contributed by atoms with van der Waals surface area (Å²) < 4.78 is 55.7. The number of halogens is 3. The molecule has 4 aromatic rings. The van der Waals surface area contributed by atoms with Crippen molar-refractivity contribution in [2.45, 2.75) is 45.4 Å². The minimum atomic E-state index is -4.43. The van der Waals surface area contributed by atoms with Gasteiger partial charge in [0.1, 0.15) is 11.9 Å². The number of methoxy groups -OCH3 is 1. The first-order valence-electron chi connectivity index (χ1n) is 14.8. The van der Waals surface area contributed by atoms with Gasteiger partial charge in [-0.15, -0.1) is 0 Å². The van der Waals surface area contributed by atoms with E-state index in [9.17, 15) is 22.8 Å². The molecule has 1 fully saturated rings. The fourth-order valence-electron chi connectivity index (χ4n) is 5.15. The van der Waals surface area contributed by atoms with Gasteiger partial charge < -0.3 is 24.4 Å². The number of rotatable bonds is 8. The highest BCUT2D eigenvalue weighted by Gasteiger charge is 2.31. The molecule has 1 aliphatic heterocycles. The maximum absolute atomic E-state index is 12.8. The molecule has 12 heteroatoms. The van der Waals surface area contributed by atoms with Crippen molar-refractivity contribution in [2.24, 2.45) is 5.92 Å². The molecule has 0 aliphatic carbocycles. The maximum Gasteiger partial charge on any atom is 0.416 e. The molecule has 1 aromatic heterocycles. The lowest BCUT2D eigenvalue weighted by atomic mass is 10.1. The molecule has 3 aromatic carbocycles. The van der Waals surface area contributed by atoms with Crippen LogP contribution in [0.2, 0.25) is 0 Å². The average molecular weight is 637 g/mol. The van der Waals surface area contributed by atoms with Crippen LogP contribution in [0.15, 0.2) is 67.0 Å². The number of fused-ring (bicyclic) bond motifs is 1. The van der Waals surface area contributed by atoms with E-state index in [1.54, 1.807) is 30.2 Å². The zero-order chi connectivity index (χ0) is 33.1. The molecular weight excluding hydrogens is 601 g/mol. The molecule has 0 bridgehead atoms. The van der Waals surface area contributed by atoms with Gasteiger partial charge >= 0.3 is 12.3 Å². The molecule has 0 saturated carbocycles. The number of amides is 2. The molecule has 2 amide bonds. The second-order valence-corrected chi connectivity index (χ2v) is 12.1. The Morgan fingerprint density at radius 2 is 1.70 bits per heavy atom. The predicted octanol–water partition coefficient (Wildman–Crippen LogP) is 7.14. The number of hydrogen-bond donors (Lipinski definition) is 1. The van der Waals surface area contributed by atoms with Gasteiger partial charge in [0.2, 0.25) is 5.91 Å². The Morgan fingerprint density at radius 3 is 2.35 bits per heavy atom.